The summed E-state index contributed by atoms with van der Waals surface area (Å²) in [5.74, 6) is 0.567. The number of fused-ring (bicyclic) bond motifs is 1. The monoisotopic (exact) mass is 462 g/mol. The first-order valence-electron chi connectivity index (χ1n) is 10.5. The first-order chi connectivity index (χ1) is 15.9. The van der Waals surface area contributed by atoms with Crippen LogP contribution >= 0.6 is 11.9 Å². The fourth-order valence-corrected chi connectivity index (χ4v) is 4.26. The molecular formula is C24H26N6O2S. The number of nitrogens with one attached hydrogen (secondary N) is 1. The van der Waals surface area contributed by atoms with Crippen LogP contribution in [-0.2, 0) is 7.05 Å². The quantitative estimate of drug-likeness (QED) is 0.301. The third kappa shape index (κ3) is 5.16. The van der Waals surface area contributed by atoms with Crippen LogP contribution in [0.4, 0.5) is 11.5 Å². The van der Waals surface area contributed by atoms with Gasteiger partial charge in [0.05, 0.1) is 17.1 Å². The number of hydrogen-bond donors (Lipinski definition) is 2. The first-order valence-corrected chi connectivity index (χ1v) is 11.3. The van der Waals surface area contributed by atoms with Gasteiger partial charge in [0.15, 0.2) is 5.82 Å². The summed E-state index contributed by atoms with van der Waals surface area (Å²) in [4.78, 5) is 19.8. The SMILES string of the molecule is CN(C)C(CNc1nn(C)c(=O)c2cccnc12)c1ccc(N(O)Sc2ccccc2)cc1. The predicted molar refractivity (Wildman–Crippen MR) is 133 cm³/mol. The number of likely N-dealkylation sites (N-methyl/N-ethyl adjacent to an activating group) is 1. The minimum Gasteiger partial charge on any atom is -0.365 e. The Hall–Kier alpha value is -3.40. The van der Waals surface area contributed by atoms with Crippen LogP contribution in [0.25, 0.3) is 10.9 Å². The molecule has 0 fully saturated rings. The molecule has 4 rings (SSSR count). The average molecular weight is 463 g/mol. The molecule has 4 aromatic rings. The van der Waals surface area contributed by atoms with Crippen molar-refractivity contribution in [3.05, 3.63) is 88.8 Å². The number of pyridine rings is 1. The van der Waals surface area contributed by atoms with Gasteiger partial charge >= 0.3 is 0 Å². The van der Waals surface area contributed by atoms with E-state index in [1.54, 1.807) is 25.4 Å². The summed E-state index contributed by atoms with van der Waals surface area (Å²) >= 11 is 1.25. The zero-order valence-corrected chi connectivity index (χ0v) is 19.5. The third-order valence-corrected chi connectivity index (χ3v) is 6.19. The van der Waals surface area contributed by atoms with E-state index in [1.165, 1.54) is 16.6 Å². The summed E-state index contributed by atoms with van der Waals surface area (Å²) in [6.45, 7) is 0.560. The molecule has 1 unspecified atom stereocenters. The molecule has 8 nitrogen and oxygen atoms in total. The van der Waals surface area contributed by atoms with Crippen LogP contribution in [0.5, 0.6) is 0 Å². The van der Waals surface area contributed by atoms with Crippen molar-refractivity contribution in [2.24, 2.45) is 7.05 Å². The Labute approximate surface area is 196 Å². The van der Waals surface area contributed by atoms with Gasteiger partial charge in [-0.25, -0.2) is 4.68 Å². The number of aromatic nitrogens is 3. The maximum Gasteiger partial charge on any atom is 0.276 e. The predicted octanol–water partition coefficient (Wildman–Crippen LogP) is 3.95. The smallest absolute Gasteiger partial charge is 0.276 e. The van der Waals surface area contributed by atoms with Crippen LogP contribution in [0.2, 0.25) is 0 Å². The van der Waals surface area contributed by atoms with E-state index in [-0.39, 0.29) is 11.6 Å². The Morgan fingerprint density at radius 3 is 2.48 bits per heavy atom. The number of rotatable bonds is 8. The second kappa shape index (κ2) is 10.0. The topological polar surface area (TPSA) is 86.5 Å². The Morgan fingerprint density at radius 2 is 1.79 bits per heavy atom. The zero-order chi connectivity index (χ0) is 23.4. The van der Waals surface area contributed by atoms with Gasteiger partial charge in [-0.3, -0.25) is 15.0 Å². The van der Waals surface area contributed by atoms with Crippen LogP contribution in [0.1, 0.15) is 11.6 Å². The summed E-state index contributed by atoms with van der Waals surface area (Å²) in [5.41, 5.74) is 2.15. The Kier molecular flexibility index (Phi) is 6.93. The molecule has 0 amide bonds. The number of hydrogen-bond acceptors (Lipinski definition) is 8. The highest BCUT2D eigenvalue weighted by Gasteiger charge is 2.17. The first kappa shape index (κ1) is 22.8. The second-order valence-corrected chi connectivity index (χ2v) is 8.81. The van der Waals surface area contributed by atoms with Gasteiger partial charge in [-0.2, -0.15) is 9.57 Å². The van der Waals surface area contributed by atoms with E-state index >= 15 is 0 Å². The highest BCUT2D eigenvalue weighted by atomic mass is 32.2. The molecule has 0 aliphatic carbocycles. The van der Waals surface area contributed by atoms with Gasteiger partial charge in [0.25, 0.3) is 5.56 Å². The fraction of sp³-hybridized carbons (Fsp3) is 0.208. The van der Waals surface area contributed by atoms with E-state index < -0.39 is 0 Å². The molecule has 2 aromatic carbocycles. The maximum atomic E-state index is 12.3. The standard InChI is InChI=1S/C24H26N6O2S/c1-28(2)21(16-26-23-22-20(10-7-15-25-22)24(31)29(3)27-23)17-11-13-18(14-12-17)30(32)33-19-8-5-4-6-9-19/h4-15,21,32H,16H2,1-3H3,(H,26,27). The van der Waals surface area contributed by atoms with Gasteiger partial charge in [0.1, 0.15) is 5.52 Å². The lowest BCUT2D eigenvalue weighted by Crippen LogP contribution is -2.28. The highest BCUT2D eigenvalue weighted by molar-refractivity contribution is 8.00. The van der Waals surface area contributed by atoms with Crippen LogP contribution < -0.4 is 15.3 Å². The van der Waals surface area contributed by atoms with Crippen molar-refractivity contribution < 1.29 is 5.21 Å². The van der Waals surface area contributed by atoms with Gasteiger partial charge in [0.2, 0.25) is 0 Å². The number of anilines is 2. The molecule has 0 aliphatic heterocycles. The lowest BCUT2D eigenvalue weighted by molar-refractivity contribution is 0.311. The van der Waals surface area contributed by atoms with Crippen molar-refractivity contribution >= 4 is 34.4 Å². The highest BCUT2D eigenvalue weighted by Crippen LogP contribution is 2.29. The van der Waals surface area contributed by atoms with Crippen molar-refractivity contribution in [2.75, 3.05) is 30.4 Å². The van der Waals surface area contributed by atoms with E-state index in [2.05, 4.69) is 20.3 Å². The Balaban J connectivity index is 1.51. The zero-order valence-electron chi connectivity index (χ0n) is 18.7. The normalized spacial score (nSPS) is 12.2. The Morgan fingerprint density at radius 1 is 1.06 bits per heavy atom. The van der Waals surface area contributed by atoms with Crippen LogP contribution in [0.15, 0.2) is 82.6 Å². The number of aryl methyl sites for hydroxylation is 1. The van der Waals surface area contributed by atoms with Crippen LogP contribution in [-0.4, -0.2) is 45.5 Å². The lowest BCUT2D eigenvalue weighted by atomic mass is 10.1. The third-order valence-electron chi connectivity index (χ3n) is 5.33. The van der Waals surface area contributed by atoms with Gasteiger partial charge < -0.3 is 10.2 Å². The van der Waals surface area contributed by atoms with E-state index in [4.69, 9.17) is 0 Å². The lowest BCUT2D eigenvalue weighted by Gasteiger charge is -2.26. The van der Waals surface area contributed by atoms with Crippen molar-refractivity contribution in [1.82, 2.24) is 19.7 Å². The summed E-state index contributed by atoms with van der Waals surface area (Å²) < 4.78 is 2.49. The van der Waals surface area contributed by atoms with E-state index in [1.807, 2.05) is 68.7 Å². The summed E-state index contributed by atoms with van der Waals surface area (Å²) in [6, 6.07) is 21.0. The van der Waals surface area contributed by atoms with Gasteiger partial charge in [-0.1, -0.05) is 30.3 Å². The Bertz CT molecular complexity index is 1280. The van der Waals surface area contributed by atoms with E-state index in [0.29, 0.717) is 29.0 Å². The molecule has 0 bridgehead atoms. The molecule has 170 valence electrons. The molecule has 0 saturated carbocycles. The molecule has 2 N–H and O–H groups in total. The van der Waals surface area contributed by atoms with E-state index in [9.17, 15) is 10.0 Å². The largest absolute Gasteiger partial charge is 0.365 e. The summed E-state index contributed by atoms with van der Waals surface area (Å²) in [5, 5.41) is 18.7. The molecular weight excluding hydrogens is 436 g/mol. The maximum absolute atomic E-state index is 12.3. The molecule has 0 saturated heterocycles. The minimum atomic E-state index is -0.176. The molecule has 0 aliphatic rings. The van der Waals surface area contributed by atoms with Crippen molar-refractivity contribution in [3.63, 3.8) is 0 Å². The number of benzene rings is 2. The molecule has 33 heavy (non-hydrogen) atoms. The van der Waals surface area contributed by atoms with Crippen LogP contribution in [0.3, 0.4) is 0 Å². The second-order valence-electron chi connectivity index (χ2n) is 7.81. The van der Waals surface area contributed by atoms with Gasteiger partial charge in [-0.15, -0.1) is 0 Å². The average Bonchev–Trinajstić information content (AvgIpc) is 2.83. The molecule has 2 aromatic heterocycles. The van der Waals surface area contributed by atoms with Crippen molar-refractivity contribution in [2.45, 2.75) is 10.9 Å². The molecule has 2 heterocycles. The van der Waals surface area contributed by atoms with E-state index in [0.717, 1.165) is 14.9 Å². The summed E-state index contributed by atoms with van der Waals surface area (Å²) in [7, 11) is 5.65. The van der Waals surface area contributed by atoms with Crippen molar-refractivity contribution in [3.8, 4) is 0 Å². The molecule has 0 spiro atoms. The molecule has 9 heteroatoms. The van der Waals surface area contributed by atoms with Crippen LogP contribution in [0, 0.1) is 0 Å². The molecule has 0 radical (unpaired) electrons. The fourth-order valence-electron chi connectivity index (χ4n) is 3.55. The number of nitrogens with zero attached hydrogens (tertiary/aromatic N) is 5. The molecule has 1 atom stereocenters. The van der Waals surface area contributed by atoms with Gasteiger partial charge in [0, 0.05) is 36.6 Å². The summed E-state index contributed by atoms with van der Waals surface area (Å²) in [6.07, 6.45) is 1.66. The van der Waals surface area contributed by atoms with Gasteiger partial charge in [-0.05, 0) is 56.1 Å². The van der Waals surface area contributed by atoms with Crippen molar-refractivity contribution in [1.29, 1.82) is 0 Å². The minimum absolute atomic E-state index is 0.0331.